The van der Waals surface area contributed by atoms with E-state index in [1.54, 1.807) is 6.33 Å². The van der Waals surface area contributed by atoms with Gasteiger partial charge < -0.3 is 9.80 Å². The van der Waals surface area contributed by atoms with Crippen molar-refractivity contribution in [2.75, 3.05) is 30.4 Å². The fourth-order valence-corrected chi connectivity index (χ4v) is 2.36. The lowest BCUT2D eigenvalue weighted by molar-refractivity contribution is 0.461. The van der Waals surface area contributed by atoms with Crippen molar-refractivity contribution in [2.24, 2.45) is 0 Å². The molecule has 0 saturated carbocycles. The van der Waals surface area contributed by atoms with E-state index in [4.69, 9.17) is 5.26 Å². The molecule has 96 valence electrons. The summed E-state index contributed by atoms with van der Waals surface area (Å²) in [5.41, 5.74) is 0. The molecule has 2 rings (SSSR count). The number of hydrogen-bond donors (Lipinski definition) is 0. The number of nitriles is 1. The van der Waals surface area contributed by atoms with Crippen LogP contribution >= 0.6 is 0 Å². The summed E-state index contributed by atoms with van der Waals surface area (Å²) in [5.74, 6) is 1.84. The Labute approximate surface area is 108 Å². The van der Waals surface area contributed by atoms with Crippen molar-refractivity contribution in [2.45, 2.75) is 31.7 Å². The van der Waals surface area contributed by atoms with Crippen LogP contribution in [-0.2, 0) is 0 Å². The van der Waals surface area contributed by atoms with E-state index in [1.807, 2.05) is 25.1 Å². The largest absolute Gasteiger partial charge is 0.363 e. The highest BCUT2D eigenvalue weighted by atomic mass is 15.2. The van der Waals surface area contributed by atoms with Gasteiger partial charge in [0.2, 0.25) is 0 Å². The number of aromatic nitrogens is 2. The van der Waals surface area contributed by atoms with Gasteiger partial charge in [-0.2, -0.15) is 5.26 Å². The quantitative estimate of drug-likeness (QED) is 0.813. The van der Waals surface area contributed by atoms with Crippen LogP contribution in [0.5, 0.6) is 0 Å². The van der Waals surface area contributed by atoms with Crippen LogP contribution in [-0.4, -0.2) is 36.6 Å². The third-order valence-corrected chi connectivity index (χ3v) is 3.34. The topological polar surface area (TPSA) is 56.0 Å². The van der Waals surface area contributed by atoms with E-state index < -0.39 is 0 Å². The Hall–Kier alpha value is -1.83. The molecule has 0 amide bonds. The number of piperidine rings is 1. The number of rotatable bonds is 3. The molecule has 0 bridgehead atoms. The van der Waals surface area contributed by atoms with E-state index in [0.29, 0.717) is 12.5 Å². The van der Waals surface area contributed by atoms with Crippen molar-refractivity contribution in [1.82, 2.24) is 9.97 Å². The molecule has 0 N–H and O–H groups in total. The van der Waals surface area contributed by atoms with Crippen molar-refractivity contribution in [3.05, 3.63) is 12.4 Å². The van der Waals surface area contributed by atoms with Gasteiger partial charge in [0.25, 0.3) is 0 Å². The summed E-state index contributed by atoms with van der Waals surface area (Å²) >= 11 is 0. The van der Waals surface area contributed by atoms with Gasteiger partial charge in [-0.05, 0) is 19.3 Å². The predicted octanol–water partition coefficient (Wildman–Crippen LogP) is 1.82. The third-order valence-electron chi connectivity index (χ3n) is 3.34. The standard InChI is InChI=1S/C13H19N5/c1-17(2)12-9-13(16-10-15-12)18-8-4-3-5-11(18)6-7-14/h9-11H,3-6,8H2,1-2H3. The van der Waals surface area contributed by atoms with Crippen molar-refractivity contribution in [3.63, 3.8) is 0 Å². The molecule has 0 aromatic carbocycles. The fraction of sp³-hybridized carbons (Fsp3) is 0.615. The third kappa shape index (κ3) is 2.70. The van der Waals surface area contributed by atoms with Gasteiger partial charge in [-0.1, -0.05) is 0 Å². The molecule has 1 aromatic heterocycles. The first-order valence-corrected chi connectivity index (χ1v) is 6.35. The molecule has 2 heterocycles. The van der Waals surface area contributed by atoms with Crippen LogP contribution in [0.15, 0.2) is 12.4 Å². The summed E-state index contributed by atoms with van der Waals surface area (Å²) in [6.07, 6.45) is 5.62. The molecule has 0 aliphatic carbocycles. The van der Waals surface area contributed by atoms with E-state index in [1.165, 1.54) is 12.8 Å². The Bertz CT molecular complexity index is 437. The lowest BCUT2D eigenvalue weighted by atomic mass is 10.00. The lowest BCUT2D eigenvalue weighted by Gasteiger charge is -2.35. The number of anilines is 2. The summed E-state index contributed by atoms with van der Waals surface area (Å²) in [6.45, 7) is 0.982. The molecule has 5 nitrogen and oxygen atoms in total. The molecule has 1 saturated heterocycles. The molecule has 1 fully saturated rings. The molecule has 5 heteroatoms. The first-order valence-electron chi connectivity index (χ1n) is 6.35. The minimum Gasteiger partial charge on any atom is -0.363 e. The van der Waals surface area contributed by atoms with E-state index in [0.717, 1.165) is 24.6 Å². The Morgan fingerprint density at radius 1 is 1.44 bits per heavy atom. The second kappa shape index (κ2) is 5.67. The molecule has 1 aromatic rings. The molecular formula is C13H19N5. The molecule has 1 atom stereocenters. The van der Waals surface area contributed by atoms with Gasteiger partial charge in [0, 0.05) is 32.7 Å². The smallest absolute Gasteiger partial charge is 0.134 e. The second-order valence-electron chi connectivity index (χ2n) is 4.83. The first-order chi connectivity index (χ1) is 8.72. The Morgan fingerprint density at radius 2 is 2.28 bits per heavy atom. The molecule has 1 aliphatic rings. The van der Waals surface area contributed by atoms with E-state index >= 15 is 0 Å². The van der Waals surface area contributed by atoms with Crippen LogP contribution in [0.3, 0.4) is 0 Å². The summed E-state index contributed by atoms with van der Waals surface area (Å²) in [5, 5.41) is 8.91. The Balaban J connectivity index is 2.22. The van der Waals surface area contributed by atoms with E-state index in [-0.39, 0.29) is 0 Å². The van der Waals surface area contributed by atoms with Crippen LogP contribution in [0, 0.1) is 11.3 Å². The average molecular weight is 245 g/mol. The van der Waals surface area contributed by atoms with Crippen molar-refractivity contribution in [3.8, 4) is 6.07 Å². The zero-order valence-corrected chi connectivity index (χ0v) is 11.0. The van der Waals surface area contributed by atoms with Gasteiger partial charge in [0.15, 0.2) is 0 Å². The molecular weight excluding hydrogens is 226 g/mol. The van der Waals surface area contributed by atoms with Crippen LogP contribution in [0.4, 0.5) is 11.6 Å². The second-order valence-corrected chi connectivity index (χ2v) is 4.83. The zero-order valence-electron chi connectivity index (χ0n) is 11.0. The highest BCUT2D eigenvalue weighted by molar-refractivity contribution is 5.50. The summed E-state index contributed by atoms with van der Waals surface area (Å²) in [7, 11) is 3.93. The van der Waals surface area contributed by atoms with E-state index in [2.05, 4.69) is 20.9 Å². The maximum absolute atomic E-state index is 8.91. The molecule has 0 radical (unpaired) electrons. The van der Waals surface area contributed by atoms with Crippen molar-refractivity contribution in [1.29, 1.82) is 5.26 Å². The van der Waals surface area contributed by atoms with Gasteiger partial charge in [-0.15, -0.1) is 0 Å². The lowest BCUT2D eigenvalue weighted by Crippen LogP contribution is -2.40. The zero-order chi connectivity index (χ0) is 13.0. The minimum absolute atomic E-state index is 0.300. The van der Waals surface area contributed by atoms with Crippen LogP contribution in [0.1, 0.15) is 25.7 Å². The maximum Gasteiger partial charge on any atom is 0.134 e. The molecule has 1 aliphatic heterocycles. The van der Waals surface area contributed by atoms with E-state index in [9.17, 15) is 0 Å². The Kier molecular flexibility index (Phi) is 3.98. The van der Waals surface area contributed by atoms with Crippen LogP contribution < -0.4 is 9.80 Å². The molecule has 18 heavy (non-hydrogen) atoms. The maximum atomic E-state index is 8.91. The summed E-state index contributed by atoms with van der Waals surface area (Å²) in [4.78, 5) is 12.8. The highest BCUT2D eigenvalue weighted by Crippen LogP contribution is 2.26. The van der Waals surface area contributed by atoms with Crippen molar-refractivity contribution < 1.29 is 0 Å². The normalized spacial score (nSPS) is 19.4. The van der Waals surface area contributed by atoms with Gasteiger partial charge in [0.1, 0.15) is 18.0 Å². The minimum atomic E-state index is 0.300. The monoisotopic (exact) mass is 245 g/mol. The van der Waals surface area contributed by atoms with Gasteiger partial charge >= 0.3 is 0 Å². The van der Waals surface area contributed by atoms with Gasteiger partial charge in [-0.25, -0.2) is 9.97 Å². The predicted molar refractivity (Wildman–Crippen MR) is 71.6 cm³/mol. The molecule has 1 unspecified atom stereocenters. The number of nitrogens with zero attached hydrogens (tertiary/aromatic N) is 5. The molecule has 0 spiro atoms. The fourth-order valence-electron chi connectivity index (χ4n) is 2.36. The SMILES string of the molecule is CN(C)c1cc(N2CCCCC2CC#N)ncn1. The number of hydrogen-bond acceptors (Lipinski definition) is 5. The van der Waals surface area contributed by atoms with Gasteiger partial charge in [-0.3, -0.25) is 0 Å². The van der Waals surface area contributed by atoms with Crippen LogP contribution in [0.25, 0.3) is 0 Å². The summed E-state index contributed by atoms with van der Waals surface area (Å²) < 4.78 is 0. The highest BCUT2D eigenvalue weighted by Gasteiger charge is 2.23. The first kappa shape index (κ1) is 12.6. The van der Waals surface area contributed by atoms with Crippen LogP contribution in [0.2, 0.25) is 0 Å². The van der Waals surface area contributed by atoms with Gasteiger partial charge in [0.05, 0.1) is 12.5 Å². The summed E-state index contributed by atoms with van der Waals surface area (Å²) in [6, 6.07) is 4.57. The average Bonchev–Trinajstić information content (AvgIpc) is 2.40. The Morgan fingerprint density at radius 3 is 3.00 bits per heavy atom. The van der Waals surface area contributed by atoms with Crippen molar-refractivity contribution >= 4 is 11.6 Å².